The fourth-order valence-electron chi connectivity index (χ4n) is 3.17. The van der Waals surface area contributed by atoms with Gasteiger partial charge in [0.2, 0.25) is 12.2 Å². The van der Waals surface area contributed by atoms with Crippen molar-refractivity contribution in [3.05, 3.63) is 48.5 Å². The number of amides is 1. The van der Waals surface area contributed by atoms with E-state index in [9.17, 15) is 20.1 Å². The average molecular weight is 388 g/mol. The SMILES string of the molecule is CC(=O)N[C@H]1[C@H](Oc2cccc(-c3cccc(N)c3)c2)O[C@H](CO)[C@H](O)[C@@H]1O. The predicted octanol–water partition coefficient (Wildman–Crippen LogP) is 0.258. The molecule has 0 unspecified atom stereocenters. The average Bonchev–Trinajstić information content (AvgIpc) is 2.67. The molecule has 0 aliphatic carbocycles. The zero-order valence-electron chi connectivity index (χ0n) is 15.4. The number of carbonyl (C=O) groups is 1. The van der Waals surface area contributed by atoms with Crippen molar-refractivity contribution in [1.29, 1.82) is 0 Å². The first-order valence-corrected chi connectivity index (χ1v) is 8.91. The van der Waals surface area contributed by atoms with Crippen molar-refractivity contribution in [2.24, 2.45) is 0 Å². The molecule has 1 saturated heterocycles. The minimum absolute atomic E-state index is 0.413. The van der Waals surface area contributed by atoms with E-state index in [1.807, 2.05) is 24.3 Å². The summed E-state index contributed by atoms with van der Waals surface area (Å²) >= 11 is 0. The molecule has 8 heteroatoms. The number of rotatable bonds is 5. The van der Waals surface area contributed by atoms with Gasteiger partial charge >= 0.3 is 0 Å². The zero-order chi connectivity index (χ0) is 20.3. The Bertz CT molecular complexity index is 830. The molecule has 6 N–H and O–H groups in total. The van der Waals surface area contributed by atoms with Crippen LogP contribution >= 0.6 is 0 Å². The van der Waals surface area contributed by atoms with Gasteiger partial charge in [0.25, 0.3) is 0 Å². The molecular formula is C20H24N2O6. The standard InChI is InChI=1S/C20H24N2O6/c1-11(24)22-17-19(26)18(25)16(10-23)28-20(17)27-15-7-3-5-13(9-15)12-4-2-6-14(21)8-12/h2-9,16-20,23,25-26H,10,21H2,1H3,(H,22,24)/t16-,17-,18+,19-,20-/m1/s1. The molecule has 150 valence electrons. The van der Waals surface area contributed by atoms with E-state index in [0.29, 0.717) is 11.4 Å². The third-order valence-electron chi connectivity index (χ3n) is 4.56. The minimum Gasteiger partial charge on any atom is -0.463 e. The maximum Gasteiger partial charge on any atom is 0.223 e. The van der Waals surface area contributed by atoms with Crippen LogP contribution in [0.25, 0.3) is 11.1 Å². The number of nitrogens with one attached hydrogen (secondary N) is 1. The summed E-state index contributed by atoms with van der Waals surface area (Å²) in [5.41, 5.74) is 8.23. The van der Waals surface area contributed by atoms with Crippen LogP contribution < -0.4 is 15.8 Å². The second-order valence-electron chi connectivity index (χ2n) is 6.70. The number of nitrogens with two attached hydrogens (primary N) is 1. The van der Waals surface area contributed by atoms with E-state index in [1.54, 1.807) is 24.3 Å². The molecule has 2 aromatic carbocycles. The van der Waals surface area contributed by atoms with Crippen molar-refractivity contribution < 1.29 is 29.6 Å². The van der Waals surface area contributed by atoms with Crippen LogP contribution in [0.5, 0.6) is 5.75 Å². The van der Waals surface area contributed by atoms with E-state index in [0.717, 1.165) is 11.1 Å². The molecule has 1 aliphatic heterocycles. The van der Waals surface area contributed by atoms with E-state index in [4.69, 9.17) is 15.2 Å². The Morgan fingerprint density at radius 2 is 1.82 bits per heavy atom. The molecule has 1 heterocycles. The molecule has 0 spiro atoms. The first-order valence-electron chi connectivity index (χ1n) is 8.91. The van der Waals surface area contributed by atoms with Crippen LogP contribution in [0, 0.1) is 0 Å². The lowest BCUT2D eigenvalue weighted by molar-refractivity contribution is -0.244. The molecule has 0 radical (unpaired) electrons. The van der Waals surface area contributed by atoms with Gasteiger partial charge in [-0.15, -0.1) is 0 Å². The molecule has 1 fully saturated rings. The number of ether oxygens (including phenoxy) is 2. The number of aliphatic hydroxyl groups is 3. The Morgan fingerprint density at radius 1 is 1.14 bits per heavy atom. The maximum atomic E-state index is 11.5. The third kappa shape index (κ3) is 4.42. The zero-order valence-corrected chi connectivity index (χ0v) is 15.4. The van der Waals surface area contributed by atoms with Gasteiger partial charge in [-0.2, -0.15) is 0 Å². The van der Waals surface area contributed by atoms with Crippen LogP contribution in [0.3, 0.4) is 0 Å². The van der Waals surface area contributed by atoms with Crippen LogP contribution in [0.15, 0.2) is 48.5 Å². The number of hydrogen-bond donors (Lipinski definition) is 5. The number of aliphatic hydroxyl groups excluding tert-OH is 3. The molecule has 0 aromatic heterocycles. The minimum atomic E-state index is -1.36. The molecule has 2 aromatic rings. The molecule has 5 atom stereocenters. The molecule has 28 heavy (non-hydrogen) atoms. The fourth-order valence-corrected chi connectivity index (χ4v) is 3.17. The van der Waals surface area contributed by atoms with E-state index >= 15 is 0 Å². The van der Waals surface area contributed by atoms with E-state index in [2.05, 4.69) is 5.32 Å². The highest BCUT2D eigenvalue weighted by molar-refractivity contribution is 5.73. The van der Waals surface area contributed by atoms with Crippen molar-refractivity contribution >= 4 is 11.6 Å². The van der Waals surface area contributed by atoms with E-state index in [1.165, 1.54) is 6.92 Å². The van der Waals surface area contributed by atoms with Gasteiger partial charge in [0, 0.05) is 12.6 Å². The molecule has 8 nitrogen and oxygen atoms in total. The van der Waals surface area contributed by atoms with Gasteiger partial charge < -0.3 is 35.8 Å². The first kappa shape index (κ1) is 20.1. The van der Waals surface area contributed by atoms with Gasteiger partial charge in [-0.1, -0.05) is 24.3 Å². The highest BCUT2D eigenvalue weighted by Crippen LogP contribution is 2.28. The highest BCUT2D eigenvalue weighted by atomic mass is 16.7. The monoisotopic (exact) mass is 388 g/mol. The topological polar surface area (TPSA) is 134 Å². The van der Waals surface area contributed by atoms with Crippen molar-refractivity contribution in [3.63, 3.8) is 0 Å². The number of nitrogen functional groups attached to an aromatic ring is 1. The van der Waals surface area contributed by atoms with Crippen LogP contribution in [-0.4, -0.2) is 58.5 Å². The Labute approximate surface area is 162 Å². The van der Waals surface area contributed by atoms with Crippen molar-refractivity contribution in [2.75, 3.05) is 12.3 Å². The first-order chi connectivity index (χ1) is 13.4. The molecule has 1 amide bonds. The van der Waals surface area contributed by atoms with Crippen molar-refractivity contribution in [1.82, 2.24) is 5.32 Å². The lowest BCUT2D eigenvalue weighted by atomic mass is 9.97. The Hall–Kier alpha value is -2.65. The van der Waals surface area contributed by atoms with Gasteiger partial charge in [-0.05, 0) is 35.4 Å². The van der Waals surface area contributed by atoms with E-state index in [-0.39, 0.29) is 0 Å². The van der Waals surface area contributed by atoms with Gasteiger partial charge in [0.15, 0.2) is 0 Å². The number of carbonyl (C=O) groups excluding carboxylic acids is 1. The van der Waals surface area contributed by atoms with Gasteiger partial charge in [0.1, 0.15) is 30.1 Å². The van der Waals surface area contributed by atoms with Crippen LogP contribution in [0.2, 0.25) is 0 Å². The number of anilines is 1. The van der Waals surface area contributed by atoms with Crippen molar-refractivity contribution in [3.8, 4) is 16.9 Å². The van der Waals surface area contributed by atoms with Gasteiger partial charge in [0.05, 0.1) is 6.61 Å². The second kappa shape index (κ2) is 8.57. The summed E-state index contributed by atoms with van der Waals surface area (Å²) in [6, 6.07) is 13.5. The fraction of sp³-hybridized carbons (Fsp3) is 0.350. The highest BCUT2D eigenvalue weighted by Gasteiger charge is 2.46. The molecule has 0 saturated carbocycles. The lowest BCUT2D eigenvalue weighted by Crippen LogP contribution is -2.65. The molecule has 0 bridgehead atoms. The largest absolute Gasteiger partial charge is 0.463 e. The lowest BCUT2D eigenvalue weighted by Gasteiger charge is -2.42. The summed E-state index contributed by atoms with van der Waals surface area (Å²) in [6.07, 6.45) is -4.87. The summed E-state index contributed by atoms with van der Waals surface area (Å²) in [6.45, 7) is 0.781. The molecule has 3 rings (SSSR count). The number of benzene rings is 2. The van der Waals surface area contributed by atoms with Crippen LogP contribution in [0.4, 0.5) is 5.69 Å². The third-order valence-corrected chi connectivity index (χ3v) is 4.56. The summed E-state index contributed by atoms with van der Waals surface area (Å²) in [4.78, 5) is 11.5. The Morgan fingerprint density at radius 3 is 2.46 bits per heavy atom. The molecule has 1 aliphatic rings. The van der Waals surface area contributed by atoms with Crippen LogP contribution in [-0.2, 0) is 9.53 Å². The second-order valence-corrected chi connectivity index (χ2v) is 6.70. The summed E-state index contributed by atoms with van der Waals surface area (Å²) in [5, 5.41) is 32.4. The van der Waals surface area contributed by atoms with Gasteiger partial charge in [-0.25, -0.2) is 0 Å². The number of hydrogen-bond acceptors (Lipinski definition) is 7. The summed E-state index contributed by atoms with van der Waals surface area (Å²) in [5.74, 6) is 0.0185. The van der Waals surface area contributed by atoms with Crippen molar-refractivity contribution in [2.45, 2.75) is 37.6 Å². The maximum absolute atomic E-state index is 11.5. The quantitative estimate of drug-likeness (QED) is 0.464. The summed E-state index contributed by atoms with van der Waals surface area (Å²) < 4.78 is 11.4. The smallest absolute Gasteiger partial charge is 0.223 e. The predicted molar refractivity (Wildman–Crippen MR) is 102 cm³/mol. The molecular weight excluding hydrogens is 364 g/mol. The normalized spacial score (nSPS) is 27.2. The van der Waals surface area contributed by atoms with E-state index < -0.39 is 43.2 Å². The van der Waals surface area contributed by atoms with Crippen LogP contribution in [0.1, 0.15) is 6.92 Å². The summed E-state index contributed by atoms with van der Waals surface area (Å²) in [7, 11) is 0. The Balaban J connectivity index is 1.85. The Kier molecular flexibility index (Phi) is 6.15. The van der Waals surface area contributed by atoms with Gasteiger partial charge in [-0.3, -0.25) is 4.79 Å².